The Hall–Kier alpha value is -2.12. The number of nitrogens with zero attached hydrogens (tertiary/aromatic N) is 4. The molecule has 0 fully saturated rings. The molecule has 1 heterocycles. The maximum Gasteiger partial charge on any atom is 0.231 e. The summed E-state index contributed by atoms with van der Waals surface area (Å²) in [6, 6.07) is -0.135. The topological polar surface area (TPSA) is 109 Å². The Morgan fingerprint density at radius 2 is 1.85 bits per heavy atom. The highest BCUT2D eigenvalue weighted by Crippen LogP contribution is 2.14. The van der Waals surface area contributed by atoms with Crippen LogP contribution in [0.1, 0.15) is 27.2 Å². The van der Waals surface area contributed by atoms with Crippen LogP contribution in [0.4, 0.5) is 17.8 Å². The fraction of sp³-hybridized carbons (Fsp3) is 0.667. The molecule has 0 aliphatic carbocycles. The summed E-state index contributed by atoms with van der Waals surface area (Å²) in [5.74, 6) is 1.15. The standard InChI is InChI=1S/C12H23N7O/c1-5-19(6-2)12-17-10(14-4)16-11(18-12)15-8(3)7-9(13)20/h8H,5-7H2,1-4H3,(H2,13,20)(H2,14,15,16,17,18). The monoisotopic (exact) mass is 281 g/mol. The minimum Gasteiger partial charge on any atom is -0.370 e. The van der Waals surface area contributed by atoms with Gasteiger partial charge in [0, 0.05) is 32.6 Å². The Morgan fingerprint density at radius 3 is 2.35 bits per heavy atom. The van der Waals surface area contributed by atoms with Crippen molar-refractivity contribution in [1.29, 1.82) is 0 Å². The Labute approximate surface area is 119 Å². The maximum atomic E-state index is 10.9. The van der Waals surface area contributed by atoms with E-state index in [1.54, 1.807) is 7.05 Å². The highest BCUT2D eigenvalue weighted by Gasteiger charge is 2.13. The predicted octanol–water partition coefficient (Wildman–Crippen LogP) is 0.435. The predicted molar refractivity (Wildman–Crippen MR) is 79.8 cm³/mol. The number of amides is 1. The second-order valence-corrected chi connectivity index (χ2v) is 4.42. The van der Waals surface area contributed by atoms with Gasteiger partial charge in [0.05, 0.1) is 0 Å². The first kappa shape index (κ1) is 15.9. The van der Waals surface area contributed by atoms with E-state index in [9.17, 15) is 4.79 Å². The van der Waals surface area contributed by atoms with E-state index in [0.717, 1.165) is 13.1 Å². The average Bonchev–Trinajstić information content (AvgIpc) is 2.38. The maximum absolute atomic E-state index is 10.9. The van der Waals surface area contributed by atoms with Gasteiger partial charge in [-0.3, -0.25) is 4.79 Å². The summed E-state index contributed by atoms with van der Waals surface area (Å²) in [6.45, 7) is 7.54. The van der Waals surface area contributed by atoms with E-state index < -0.39 is 0 Å². The highest BCUT2D eigenvalue weighted by atomic mass is 16.1. The Morgan fingerprint density at radius 1 is 1.25 bits per heavy atom. The van der Waals surface area contributed by atoms with Crippen LogP contribution in [0.3, 0.4) is 0 Å². The van der Waals surface area contributed by atoms with Gasteiger partial charge in [0.2, 0.25) is 23.8 Å². The number of carbonyl (C=O) groups excluding carboxylic acids is 1. The van der Waals surface area contributed by atoms with Gasteiger partial charge in [-0.05, 0) is 20.8 Å². The van der Waals surface area contributed by atoms with E-state index in [0.29, 0.717) is 17.8 Å². The Balaban J connectivity index is 2.95. The van der Waals surface area contributed by atoms with E-state index in [1.165, 1.54) is 0 Å². The minimum atomic E-state index is -0.364. The molecule has 1 aromatic rings. The van der Waals surface area contributed by atoms with Crippen LogP contribution in [0.15, 0.2) is 0 Å². The van der Waals surface area contributed by atoms with Crippen molar-refractivity contribution in [2.24, 2.45) is 5.73 Å². The molecule has 1 unspecified atom stereocenters. The minimum absolute atomic E-state index is 0.135. The quantitative estimate of drug-likeness (QED) is 0.634. The summed E-state index contributed by atoms with van der Waals surface area (Å²) in [6.07, 6.45) is 0.223. The average molecular weight is 281 g/mol. The van der Waals surface area contributed by atoms with Crippen molar-refractivity contribution in [2.45, 2.75) is 33.2 Å². The van der Waals surface area contributed by atoms with Crippen LogP contribution in [0.25, 0.3) is 0 Å². The number of rotatable bonds is 8. The van der Waals surface area contributed by atoms with Gasteiger partial charge >= 0.3 is 0 Å². The second kappa shape index (κ2) is 7.46. The fourth-order valence-corrected chi connectivity index (χ4v) is 1.76. The number of primary amides is 1. The molecule has 0 radical (unpaired) electrons. The fourth-order valence-electron chi connectivity index (χ4n) is 1.76. The van der Waals surface area contributed by atoms with Crippen molar-refractivity contribution in [1.82, 2.24) is 15.0 Å². The van der Waals surface area contributed by atoms with E-state index in [2.05, 4.69) is 25.6 Å². The van der Waals surface area contributed by atoms with Crippen LogP contribution < -0.4 is 21.3 Å². The number of nitrogens with two attached hydrogens (primary N) is 1. The van der Waals surface area contributed by atoms with Gasteiger partial charge < -0.3 is 21.3 Å². The van der Waals surface area contributed by atoms with E-state index in [1.807, 2.05) is 25.7 Å². The van der Waals surface area contributed by atoms with Crippen molar-refractivity contribution < 1.29 is 4.79 Å². The zero-order valence-corrected chi connectivity index (χ0v) is 12.5. The number of nitrogens with one attached hydrogen (secondary N) is 2. The largest absolute Gasteiger partial charge is 0.370 e. The summed E-state index contributed by atoms with van der Waals surface area (Å²) in [5.41, 5.74) is 5.17. The van der Waals surface area contributed by atoms with Gasteiger partial charge in [0.15, 0.2) is 0 Å². The summed E-state index contributed by atoms with van der Waals surface area (Å²) < 4.78 is 0. The summed E-state index contributed by atoms with van der Waals surface area (Å²) >= 11 is 0. The van der Waals surface area contributed by atoms with Crippen LogP contribution in [0.2, 0.25) is 0 Å². The lowest BCUT2D eigenvalue weighted by molar-refractivity contribution is -0.118. The Bertz CT molecular complexity index is 447. The molecule has 0 aromatic carbocycles. The molecule has 8 heteroatoms. The third-order valence-electron chi connectivity index (χ3n) is 2.78. The lowest BCUT2D eigenvalue weighted by atomic mass is 10.2. The van der Waals surface area contributed by atoms with Gasteiger partial charge in [-0.25, -0.2) is 0 Å². The van der Waals surface area contributed by atoms with Gasteiger partial charge in [0.1, 0.15) is 0 Å². The number of anilines is 3. The van der Waals surface area contributed by atoms with Crippen molar-refractivity contribution in [2.75, 3.05) is 35.7 Å². The SMILES string of the molecule is CCN(CC)c1nc(NC)nc(NC(C)CC(N)=O)n1. The molecule has 4 N–H and O–H groups in total. The number of carbonyl (C=O) groups is 1. The summed E-state index contributed by atoms with van der Waals surface area (Å²) in [7, 11) is 1.75. The van der Waals surface area contributed by atoms with Gasteiger partial charge in [-0.1, -0.05) is 0 Å². The van der Waals surface area contributed by atoms with Gasteiger partial charge in [0.25, 0.3) is 0 Å². The molecular formula is C12H23N7O. The molecule has 8 nitrogen and oxygen atoms in total. The molecule has 0 aliphatic rings. The van der Waals surface area contributed by atoms with Crippen molar-refractivity contribution in [3.8, 4) is 0 Å². The number of aromatic nitrogens is 3. The molecule has 1 atom stereocenters. The number of hydrogen-bond acceptors (Lipinski definition) is 7. The zero-order valence-electron chi connectivity index (χ0n) is 12.5. The van der Waals surface area contributed by atoms with Crippen LogP contribution in [-0.2, 0) is 4.79 Å². The van der Waals surface area contributed by atoms with Crippen LogP contribution >= 0.6 is 0 Å². The molecule has 112 valence electrons. The van der Waals surface area contributed by atoms with Crippen LogP contribution in [0, 0.1) is 0 Å². The third kappa shape index (κ3) is 4.52. The van der Waals surface area contributed by atoms with E-state index in [4.69, 9.17) is 5.73 Å². The first-order chi connectivity index (χ1) is 9.49. The molecule has 1 amide bonds. The van der Waals surface area contributed by atoms with Crippen molar-refractivity contribution in [3.05, 3.63) is 0 Å². The van der Waals surface area contributed by atoms with Crippen LogP contribution in [0.5, 0.6) is 0 Å². The normalized spacial score (nSPS) is 11.8. The molecule has 0 aliphatic heterocycles. The number of hydrogen-bond donors (Lipinski definition) is 3. The van der Waals surface area contributed by atoms with E-state index in [-0.39, 0.29) is 18.4 Å². The molecule has 0 spiro atoms. The first-order valence-electron chi connectivity index (χ1n) is 6.73. The van der Waals surface area contributed by atoms with Crippen molar-refractivity contribution in [3.63, 3.8) is 0 Å². The van der Waals surface area contributed by atoms with E-state index >= 15 is 0 Å². The van der Waals surface area contributed by atoms with Crippen molar-refractivity contribution >= 4 is 23.8 Å². The zero-order chi connectivity index (χ0) is 15.1. The molecule has 0 saturated carbocycles. The van der Waals surface area contributed by atoms with Crippen LogP contribution in [-0.4, -0.2) is 47.0 Å². The molecule has 1 aromatic heterocycles. The molecule has 0 bridgehead atoms. The lowest BCUT2D eigenvalue weighted by Gasteiger charge is -2.20. The smallest absolute Gasteiger partial charge is 0.231 e. The Kier molecular flexibility index (Phi) is 5.95. The molecule has 1 rings (SSSR count). The molecular weight excluding hydrogens is 258 g/mol. The lowest BCUT2D eigenvalue weighted by Crippen LogP contribution is -2.27. The molecule has 0 saturated heterocycles. The summed E-state index contributed by atoms with van der Waals surface area (Å²) in [5, 5.41) is 5.97. The van der Waals surface area contributed by atoms with Gasteiger partial charge in [-0.2, -0.15) is 15.0 Å². The second-order valence-electron chi connectivity index (χ2n) is 4.42. The third-order valence-corrected chi connectivity index (χ3v) is 2.78. The molecule has 20 heavy (non-hydrogen) atoms. The highest BCUT2D eigenvalue weighted by molar-refractivity contribution is 5.74. The van der Waals surface area contributed by atoms with Gasteiger partial charge in [-0.15, -0.1) is 0 Å². The summed E-state index contributed by atoms with van der Waals surface area (Å²) in [4.78, 5) is 25.8. The first-order valence-corrected chi connectivity index (χ1v) is 6.73.